The van der Waals surface area contributed by atoms with E-state index < -0.39 is 0 Å². The highest BCUT2D eigenvalue weighted by molar-refractivity contribution is 7.13. The van der Waals surface area contributed by atoms with Gasteiger partial charge >= 0.3 is 0 Å². The van der Waals surface area contributed by atoms with E-state index in [0.717, 1.165) is 10.7 Å². The molecule has 4 nitrogen and oxygen atoms in total. The molecule has 3 N–H and O–H groups in total. The summed E-state index contributed by atoms with van der Waals surface area (Å²) in [6.07, 6.45) is 0. The maximum atomic E-state index is 11.7. The predicted octanol–water partition coefficient (Wildman–Crippen LogP) is 1.30. The lowest BCUT2D eigenvalue weighted by atomic mass is 10.2. The van der Waals surface area contributed by atoms with Crippen LogP contribution in [0.3, 0.4) is 0 Å². The molecule has 0 aromatic carbocycles. The van der Waals surface area contributed by atoms with Gasteiger partial charge in [0.2, 0.25) is 0 Å². The number of rotatable bonds is 4. The molecule has 1 heterocycles. The molecule has 1 aromatic heterocycles. The van der Waals surface area contributed by atoms with Gasteiger partial charge in [-0.3, -0.25) is 4.79 Å². The van der Waals surface area contributed by atoms with Gasteiger partial charge in [-0.2, -0.15) is 0 Å². The second-order valence-corrected chi connectivity index (χ2v) is 4.91. The minimum absolute atomic E-state index is 0.0431. The molecule has 0 atom stereocenters. The second kappa shape index (κ2) is 5.23. The van der Waals surface area contributed by atoms with Crippen LogP contribution in [0.1, 0.15) is 34.2 Å². The molecule has 0 fully saturated rings. The van der Waals surface area contributed by atoms with Crippen molar-refractivity contribution >= 4 is 17.2 Å². The monoisotopic (exact) mass is 227 g/mol. The maximum absolute atomic E-state index is 11.7. The summed E-state index contributed by atoms with van der Waals surface area (Å²) in [7, 11) is 0. The summed E-state index contributed by atoms with van der Waals surface area (Å²) in [5.74, 6) is 0.412. The zero-order chi connectivity index (χ0) is 11.4. The fraction of sp³-hybridized carbons (Fsp3) is 0.600. The van der Waals surface area contributed by atoms with Crippen molar-refractivity contribution in [3.63, 3.8) is 0 Å². The van der Waals surface area contributed by atoms with E-state index in [4.69, 9.17) is 5.73 Å². The third kappa shape index (κ3) is 3.28. The first-order valence-corrected chi connectivity index (χ1v) is 5.80. The van der Waals surface area contributed by atoms with Crippen molar-refractivity contribution in [3.8, 4) is 0 Å². The third-order valence-corrected chi connectivity index (χ3v) is 3.07. The average molecular weight is 227 g/mol. The first kappa shape index (κ1) is 12.1. The zero-order valence-corrected chi connectivity index (χ0v) is 10.1. The highest BCUT2D eigenvalue weighted by Crippen LogP contribution is 2.17. The third-order valence-electron chi connectivity index (χ3n) is 1.89. The van der Waals surface area contributed by atoms with Gasteiger partial charge in [0.15, 0.2) is 0 Å². The molecule has 0 radical (unpaired) electrons. The van der Waals surface area contributed by atoms with E-state index in [1.165, 1.54) is 11.3 Å². The molecule has 0 bridgehead atoms. The molecular weight excluding hydrogens is 210 g/mol. The van der Waals surface area contributed by atoms with Crippen LogP contribution in [0.15, 0.2) is 0 Å². The van der Waals surface area contributed by atoms with Gasteiger partial charge in [-0.1, -0.05) is 13.8 Å². The van der Waals surface area contributed by atoms with Crippen molar-refractivity contribution in [1.82, 2.24) is 10.3 Å². The number of hydrogen-bond acceptors (Lipinski definition) is 4. The Morgan fingerprint density at radius 1 is 1.60 bits per heavy atom. The summed E-state index contributed by atoms with van der Waals surface area (Å²) >= 11 is 1.37. The fourth-order valence-corrected chi connectivity index (χ4v) is 1.99. The van der Waals surface area contributed by atoms with Crippen molar-refractivity contribution in [2.24, 2.45) is 11.7 Å². The average Bonchev–Trinajstić information content (AvgIpc) is 2.56. The molecule has 84 valence electrons. The summed E-state index contributed by atoms with van der Waals surface area (Å²) in [4.78, 5) is 16.6. The van der Waals surface area contributed by atoms with Gasteiger partial charge < -0.3 is 11.1 Å². The highest BCUT2D eigenvalue weighted by Gasteiger charge is 2.14. The Balaban J connectivity index is 2.68. The molecule has 0 aliphatic carbocycles. The molecule has 15 heavy (non-hydrogen) atoms. The number of hydrogen-bond donors (Lipinski definition) is 2. The van der Waals surface area contributed by atoms with Gasteiger partial charge in [0.05, 0.1) is 5.69 Å². The van der Waals surface area contributed by atoms with Crippen molar-refractivity contribution in [2.45, 2.75) is 27.3 Å². The predicted molar refractivity (Wildman–Crippen MR) is 61.9 cm³/mol. The zero-order valence-electron chi connectivity index (χ0n) is 9.33. The maximum Gasteiger partial charge on any atom is 0.263 e. The summed E-state index contributed by atoms with van der Waals surface area (Å²) in [5.41, 5.74) is 6.24. The Kier molecular flexibility index (Phi) is 4.23. The van der Waals surface area contributed by atoms with Gasteiger partial charge in [0.25, 0.3) is 5.91 Å². The molecule has 1 aromatic rings. The lowest BCUT2D eigenvalue weighted by molar-refractivity contribution is 0.0952. The van der Waals surface area contributed by atoms with E-state index in [1.54, 1.807) is 0 Å². The molecule has 1 rings (SSSR count). The summed E-state index contributed by atoms with van der Waals surface area (Å²) in [6, 6.07) is 0. The van der Waals surface area contributed by atoms with Crippen LogP contribution in [0.5, 0.6) is 0 Å². The van der Waals surface area contributed by atoms with Crippen LogP contribution in [-0.4, -0.2) is 17.4 Å². The van der Waals surface area contributed by atoms with E-state index in [2.05, 4.69) is 24.1 Å². The topological polar surface area (TPSA) is 68.0 Å². The summed E-state index contributed by atoms with van der Waals surface area (Å²) in [6.45, 7) is 7.04. The molecule has 5 heteroatoms. The second-order valence-electron chi connectivity index (χ2n) is 3.83. The molecular formula is C10H17N3OS. The van der Waals surface area contributed by atoms with Crippen LogP contribution in [0.25, 0.3) is 0 Å². The molecule has 0 saturated heterocycles. The minimum Gasteiger partial charge on any atom is -0.351 e. The Hall–Kier alpha value is -0.940. The van der Waals surface area contributed by atoms with Gasteiger partial charge in [0.1, 0.15) is 9.88 Å². The van der Waals surface area contributed by atoms with Crippen LogP contribution in [0.4, 0.5) is 0 Å². The largest absolute Gasteiger partial charge is 0.351 e. The normalized spacial score (nSPS) is 10.7. The Bertz CT molecular complexity index is 346. The molecule has 0 aliphatic rings. The van der Waals surface area contributed by atoms with E-state index in [9.17, 15) is 4.79 Å². The Morgan fingerprint density at radius 3 is 2.73 bits per heavy atom. The van der Waals surface area contributed by atoms with Crippen molar-refractivity contribution < 1.29 is 4.79 Å². The van der Waals surface area contributed by atoms with Crippen LogP contribution in [0.2, 0.25) is 0 Å². The lowest BCUT2D eigenvalue weighted by Crippen LogP contribution is -2.27. The number of nitrogens with one attached hydrogen (secondary N) is 1. The number of aryl methyl sites for hydroxylation is 1. The first-order valence-electron chi connectivity index (χ1n) is 4.99. The van der Waals surface area contributed by atoms with Crippen molar-refractivity contribution in [3.05, 3.63) is 15.6 Å². The van der Waals surface area contributed by atoms with Gasteiger partial charge in [0, 0.05) is 13.1 Å². The highest BCUT2D eigenvalue weighted by atomic mass is 32.1. The standard InChI is InChI=1S/C10H17N3OS/c1-6(2)5-12-10(14)9-7(3)13-8(4-11)15-9/h6H,4-5,11H2,1-3H3,(H,12,14). The van der Waals surface area contributed by atoms with E-state index in [-0.39, 0.29) is 5.91 Å². The number of carbonyl (C=O) groups excluding carboxylic acids is 1. The number of amides is 1. The van der Waals surface area contributed by atoms with Crippen LogP contribution < -0.4 is 11.1 Å². The number of carbonyl (C=O) groups is 1. The molecule has 0 unspecified atom stereocenters. The number of thiazole rings is 1. The number of nitrogens with zero attached hydrogens (tertiary/aromatic N) is 1. The lowest BCUT2D eigenvalue weighted by Gasteiger charge is -2.05. The van der Waals surface area contributed by atoms with Gasteiger partial charge in [-0.05, 0) is 12.8 Å². The molecule has 0 spiro atoms. The van der Waals surface area contributed by atoms with E-state index >= 15 is 0 Å². The Labute approximate surface area is 93.9 Å². The minimum atomic E-state index is -0.0431. The molecule has 1 amide bonds. The summed E-state index contributed by atoms with van der Waals surface area (Å²) in [5, 5.41) is 3.67. The van der Waals surface area contributed by atoms with E-state index in [1.807, 2.05) is 6.92 Å². The van der Waals surface area contributed by atoms with Gasteiger partial charge in [-0.15, -0.1) is 11.3 Å². The van der Waals surface area contributed by atoms with Crippen LogP contribution in [0, 0.1) is 12.8 Å². The van der Waals surface area contributed by atoms with Crippen molar-refractivity contribution in [1.29, 1.82) is 0 Å². The van der Waals surface area contributed by atoms with Crippen LogP contribution in [-0.2, 0) is 6.54 Å². The number of aromatic nitrogens is 1. The smallest absolute Gasteiger partial charge is 0.263 e. The van der Waals surface area contributed by atoms with Crippen molar-refractivity contribution in [2.75, 3.05) is 6.54 Å². The molecule has 0 saturated carbocycles. The van der Waals surface area contributed by atoms with Gasteiger partial charge in [-0.25, -0.2) is 4.98 Å². The SMILES string of the molecule is Cc1nc(CN)sc1C(=O)NCC(C)C. The fourth-order valence-electron chi connectivity index (χ4n) is 1.13. The summed E-state index contributed by atoms with van der Waals surface area (Å²) < 4.78 is 0. The van der Waals surface area contributed by atoms with E-state index in [0.29, 0.717) is 23.9 Å². The Morgan fingerprint density at radius 2 is 2.27 bits per heavy atom. The van der Waals surface area contributed by atoms with Crippen LogP contribution >= 0.6 is 11.3 Å². The quantitative estimate of drug-likeness (QED) is 0.814. The first-order chi connectivity index (χ1) is 7.04. The number of nitrogens with two attached hydrogens (primary N) is 1. The molecule has 0 aliphatic heterocycles.